The normalized spacial score (nSPS) is 13.8. The number of hydrogen-bond acceptors (Lipinski definition) is 7. The average molecular weight is 623 g/mol. The van der Waals surface area contributed by atoms with Gasteiger partial charge in [0.05, 0.1) is 11.2 Å². The third-order valence-electron chi connectivity index (χ3n) is 5.37. The minimum Gasteiger partial charge on any atom is -0.453 e. The van der Waals surface area contributed by atoms with Gasteiger partial charge in [0, 0.05) is 17.7 Å². The molecule has 212 valence electrons. The maximum absolute atomic E-state index is 12.7. The molecule has 0 bridgehead atoms. The minimum atomic E-state index is -1.97. The van der Waals surface area contributed by atoms with Crippen LogP contribution in [0, 0.1) is 5.92 Å². The zero-order valence-corrected chi connectivity index (χ0v) is 25.0. The summed E-state index contributed by atoms with van der Waals surface area (Å²) in [5.74, 6) is -0.930. The lowest BCUT2D eigenvalue weighted by molar-refractivity contribution is -0.143. The van der Waals surface area contributed by atoms with Gasteiger partial charge >= 0.3 is 5.97 Å². The molecule has 0 saturated heterocycles. The molecule has 8 nitrogen and oxygen atoms in total. The number of rotatable bonds is 10. The highest BCUT2D eigenvalue weighted by atomic mass is 35.6. The number of amidine groups is 1. The Hall–Kier alpha value is -2.82. The number of para-hydroxylation sites is 1. The first kappa shape index (κ1) is 31.7. The molecule has 0 aliphatic carbocycles. The van der Waals surface area contributed by atoms with Crippen LogP contribution in [-0.2, 0) is 14.3 Å². The molecular weight excluding hydrogens is 593 g/mol. The summed E-state index contributed by atoms with van der Waals surface area (Å²) in [5.41, 5.74) is 7.93. The molecule has 40 heavy (non-hydrogen) atoms. The van der Waals surface area contributed by atoms with Gasteiger partial charge in [-0.1, -0.05) is 97.2 Å². The number of esters is 1. The highest BCUT2D eigenvalue weighted by Gasteiger charge is 2.34. The summed E-state index contributed by atoms with van der Waals surface area (Å²) >= 11 is 19.7. The first-order valence-corrected chi connectivity index (χ1v) is 14.5. The molecule has 0 spiro atoms. The van der Waals surface area contributed by atoms with Crippen LogP contribution in [0.3, 0.4) is 0 Å². The molecule has 0 saturated carbocycles. The fourth-order valence-corrected chi connectivity index (χ4v) is 4.48. The van der Waals surface area contributed by atoms with Crippen LogP contribution in [0.1, 0.15) is 25.8 Å². The van der Waals surface area contributed by atoms with E-state index in [1.807, 2.05) is 68.4 Å². The third-order valence-corrected chi connectivity index (χ3v) is 6.74. The van der Waals surface area contributed by atoms with Crippen LogP contribution in [0.2, 0.25) is 0 Å². The Kier molecular flexibility index (Phi) is 12.1. The van der Waals surface area contributed by atoms with Crippen LogP contribution >= 0.6 is 46.6 Å². The van der Waals surface area contributed by atoms with Gasteiger partial charge in [0.2, 0.25) is 9.70 Å². The second kappa shape index (κ2) is 15.3. The number of benzene rings is 2. The predicted molar refractivity (Wildman–Crippen MR) is 166 cm³/mol. The zero-order chi connectivity index (χ0) is 29.1. The summed E-state index contributed by atoms with van der Waals surface area (Å²) in [6, 6.07) is 17.8. The lowest BCUT2D eigenvalue weighted by Crippen LogP contribution is -2.54. The van der Waals surface area contributed by atoms with Crippen LogP contribution < -0.4 is 16.4 Å². The van der Waals surface area contributed by atoms with Gasteiger partial charge < -0.3 is 21.1 Å². The van der Waals surface area contributed by atoms with Gasteiger partial charge in [0.15, 0.2) is 5.17 Å². The zero-order valence-electron chi connectivity index (χ0n) is 21.9. The van der Waals surface area contributed by atoms with Gasteiger partial charge in [-0.05, 0) is 47.9 Å². The molecule has 3 aromatic rings. The number of ether oxygens (including phenoxy) is 1. The standard InChI is InChI=1S/C28H30Cl3N5O3S/c1-18(2)16-21(32)25(38)39-17-40-27(34-22-12-6-10-20-11-7-15-33-24(20)22)36-26(28(29,30)31)35-23(37)14-13-19-8-4-3-5-9-19/h3-15,18,21,26H,16-17,32H2,1-2H3,(H,34,36)(H,35,37)/b14-13+/t21-,26?/m0/s1. The lowest BCUT2D eigenvalue weighted by atomic mass is 10.1. The molecular formula is C28H30Cl3N5O3S. The number of nitrogens with zero attached hydrogens (tertiary/aromatic N) is 2. The second-order valence-corrected chi connectivity index (χ2v) is 12.4. The fourth-order valence-electron chi connectivity index (χ4n) is 3.50. The number of hydrogen-bond donors (Lipinski definition) is 3. The lowest BCUT2D eigenvalue weighted by Gasteiger charge is -2.27. The van der Waals surface area contributed by atoms with Gasteiger partial charge in [-0.3, -0.25) is 14.6 Å². The first-order valence-electron chi connectivity index (χ1n) is 12.4. The van der Waals surface area contributed by atoms with E-state index in [0.29, 0.717) is 17.6 Å². The van der Waals surface area contributed by atoms with Crippen molar-refractivity contribution in [2.24, 2.45) is 16.6 Å². The molecule has 0 aliphatic heterocycles. The van der Waals surface area contributed by atoms with Gasteiger partial charge in [-0.15, -0.1) is 0 Å². The molecule has 0 aliphatic rings. The number of aromatic nitrogens is 1. The van der Waals surface area contributed by atoms with Crippen molar-refractivity contribution in [2.75, 3.05) is 5.94 Å². The van der Waals surface area contributed by atoms with Crippen molar-refractivity contribution >= 4 is 86.3 Å². The van der Waals surface area contributed by atoms with Gasteiger partial charge in [0.1, 0.15) is 18.1 Å². The molecule has 4 N–H and O–H groups in total. The molecule has 1 amide bonds. The summed E-state index contributed by atoms with van der Waals surface area (Å²) in [4.78, 5) is 34.1. The van der Waals surface area contributed by atoms with E-state index < -0.39 is 27.9 Å². The van der Waals surface area contributed by atoms with Crippen LogP contribution in [0.4, 0.5) is 5.69 Å². The molecule has 0 radical (unpaired) electrons. The van der Waals surface area contributed by atoms with E-state index in [4.69, 9.17) is 45.3 Å². The van der Waals surface area contributed by atoms with Gasteiger partial charge in [-0.2, -0.15) is 0 Å². The van der Waals surface area contributed by atoms with Crippen molar-refractivity contribution in [3.8, 4) is 0 Å². The van der Waals surface area contributed by atoms with Crippen molar-refractivity contribution in [3.05, 3.63) is 78.5 Å². The number of aliphatic imine (C=N–C) groups is 1. The van der Waals surface area contributed by atoms with Gasteiger partial charge in [-0.25, -0.2) is 4.99 Å². The Morgan fingerprint density at radius 1 is 1.07 bits per heavy atom. The van der Waals surface area contributed by atoms with E-state index in [2.05, 4.69) is 20.6 Å². The maximum atomic E-state index is 12.7. The Bertz CT molecular complexity index is 1340. The molecule has 12 heteroatoms. The molecule has 0 fully saturated rings. The molecule has 2 aromatic carbocycles. The van der Waals surface area contributed by atoms with Crippen LogP contribution in [-0.4, -0.2) is 44.0 Å². The number of carbonyl (C=O) groups is 2. The Balaban J connectivity index is 1.83. The Morgan fingerprint density at radius 2 is 1.80 bits per heavy atom. The van der Waals surface area contributed by atoms with E-state index >= 15 is 0 Å². The number of fused-ring (bicyclic) bond motifs is 1. The van der Waals surface area contributed by atoms with Crippen molar-refractivity contribution in [3.63, 3.8) is 0 Å². The number of alkyl halides is 3. The summed E-state index contributed by atoms with van der Waals surface area (Å²) in [6.45, 7) is 3.93. The molecule has 3 rings (SSSR count). The third kappa shape index (κ3) is 10.3. The van der Waals surface area contributed by atoms with Crippen molar-refractivity contribution in [2.45, 2.75) is 36.3 Å². The summed E-state index contributed by atoms with van der Waals surface area (Å²) in [6.07, 6.45) is 3.91. The second-order valence-electron chi connectivity index (χ2n) is 9.10. The number of thioether (sulfide) groups is 1. The quantitative estimate of drug-likeness (QED) is 0.0639. The van der Waals surface area contributed by atoms with E-state index in [0.717, 1.165) is 22.7 Å². The summed E-state index contributed by atoms with van der Waals surface area (Å²) in [7, 11) is 0. The monoisotopic (exact) mass is 621 g/mol. The topological polar surface area (TPSA) is 119 Å². The van der Waals surface area contributed by atoms with E-state index in [9.17, 15) is 9.59 Å². The van der Waals surface area contributed by atoms with E-state index in [-0.39, 0.29) is 17.0 Å². The highest BCUT2D eigenvalue weighted by Crippen LogP contribution is 2.30. The van der Waals surface area contributed by atoms with E-state index in [1.165, 1.54) is 6.08 Å². The molecule has 2 atom stereocenters. The van der Waals surface area contributed by atoms with Crippen molar-refractivity contribution in [1.82, 2.24) is 15.6 Å². The Labute approximate surface area is 252 Å². The van der Waals surface area contributed by atoms with Crippen LogP contribution in [0.5, 0.6) is 0 Å². The molecule has 1 heterocycles. The smallest absolute Gasteiger partial charge is 0.323 e. The predicted octanol–water partition coefficient (Wildman–Crippen LogP) is 5.95. The number of halogens is 3. The number of amides is 1. The summed E-state index contributed by atoms with van der Waals surface area (Å²) < 4.78 is 3.39. The van der Waals surface area contributed by atoms with E-state index in [1.54, 1.807) is 18.3 Å². The van der Waals surface area contributed by atoms with Crippen LogP contribution in [0.15, 0.2) is 77.9 Å². The number of pyridine rings is 1. The highest BCUT2D eigenvalue weighted by molar-refractivity contribution is 8.13. The SMILES string of the molecule is CC(C)C[C@H](N)C(=O)OCS/C(=N/c1cccc2cccnc12)NC(NC(=O)/C=C/c1ccccc1)C(Cl)(Cl)Cl. The first-order chi connectivity index (χ1) is 19.0. The van der Waals surface area contributed by atoms with Crippen LogP contribution in [0.25, 0.3) is 17.0 Å². The fraction of sp³-hybridized carbons (Fsp3) is 0.286. The number of nitrogens with one attached hydrogen (secondary N) is 2. The minimum absolute atomic E-state index is 0.122. The molecule has 1 aromatic heterocycles. The number of carbonyl (C=O) groups excluding carboxylic acids is 2. The van der Waals surface area contributed by atoms with Crippen molar-refractivity contribution in [1.29, 1.82) is 0 Å². The Morgan fingerprint density at radius 3 is 2.50 bits per heavy atom. The summed E-state index contributed by atoms with van der Waals surface area (Å²) in [5, 5.41) is 6.71. The maximum Gasteiger partial charge on any atom is 0.323 e. The molecule has 1 unspecified atom stereocenters. The van der Waals surface area contributed by atoms with Gasteiger partial charge in [0.25, 0.3) is 0 Å². The number of nitrogens with two attached hydrogens (primary N) is 1. The average Bonchev–Trinajstić information content (AvgIpc) is 2.91. The van der Waals surface area contributed by atoms with Crippen molar-refractivity contribution < 1.29 is 14.3 Å². The largest absolute Gasteiger partial charge is 0.453 e.